The van der Waals surface area contributed by atoms with E-state index in [-0.39, 0.29) is 11.8 Å². The van der Waals surface area contributed by atoms with Crippen LogP contribution in [0.3, 0.4) is 0 Å². The van der Waals surface area contributed by atoms with Crippen LogP contribution in [0.25, 0.3) is 0 Å². The van der Waals surface area contributed by atoms with Crippen molar-refractivity contribution in [3.63, 3.8) is 0 Å². The predicted octanol–water partition coefficient (Wildman–Crippen LogP) is 1.52. The van der Waals surface area contributed by atoms with Gasteiger partial charge in [-0.25, -0.2) is 0 Å². The van der Waals surface area contributed by atoms with Crippen molar-refractivity contribution in [2.75, 3.05) is 26.2 Å². The van der Waals surface area contributed by atoms with E-state index in [9.17, 15) is 4.79 Å². The van der Waals surface area contributed by atoms with Gasteiger partial charge in [-0.1, -0.05) is 0 Å². The molecule has 0 saturated carbocycles. The Labute approximate surface area is 140 Å². The molecular weight excluding hydrogens is 290 g/mol. The third-order valence-corrected chi connectivity index (χ3v) is 5.66. The molecule has 5 heteroatoms. The van der Waals surface area contributed by atoms with Gasteiger partial charge in [0.15, 0.2) is 0 Å². The minimum atomic E-state index is 0.169. The first-order valence-electron chi connectivity index (χ1n) is 9.52. The number of hydrogen-bond donors (Lipinski definition) is 2. The Morgan fingerprint density at radius 1 is 1.17 bits per heavy atom. The zero-order valence-electron chi connectivity index (χ0n) is 14.7. The van der Waals surface area contributed by atoms with Gasteiger partial charge in [-0.15, -0.1) is 0 Å². The molecule has 3 aliphatic heterocycles. The molecule has 0 radical (unpaired) electrons. The van der Waals surface area contributed by atoms with Crippen LogP contribution < -0.4 is 10.6 Å². The van der Waals surface area contributed by atoms with Crippen LogP contribution in [0.15, 0.2) is 0 Å². The Balaban J connectivity index is 1.50. The van der Waals surface area contributed by atoms with Crippen molar-refractivity contribution in [3.05, 3.63) is 0 Å². The summed E-state index contributed by atoms with van der Waals surface area (Å²) < 4.78 is 5.87. The summed E-state index contributed by atoms with van der Waals surface area (Å²) in [5.41, 5.74) is 0. The van der Waals surface area contributed by atoms with E-state index >= 15 is 0 Å². The first kappa shape index (κ1) is 17.2. The summed E-state index contributed by atoms with van der Waals surface area (Å²) in [6.45, 7) is 8.44. The van der Waals surface area contributed by atoms with Gasteiger partial charge in [-0.2, -0.15) is 0 Å². The molecule has 1 unspecified atom stereocenters. The number of hydrogen-bond acceptors (Lipinski definition) is 4. The van der Waals surface area contributed by atoms with Gasteiger partial charge >= 0.3 is 0 Å². The zero-order valence-corrected chi connectivity index (χ0v) is 14.7. The van der Waals surface area contributed by atoms with Crippen molar-refractivity contribution in [3.8, 4) is 0 Å². The number of ether oxygens (including phenoxy) is 1. The molecule has 0 aromatic heterocycles. The third-order valence-electron chi connectivity index (χ3n) is 5.66. The van der Waals surface area contributed by atoms with E-state index in [0.29, 0.717) is 24.3 Å². The van der Waals surface area contributed by atoms with Crippen LogP contribution in [0, 0.1) is 5.92 Å². The van der Waals surface area contributed by atoms with E-state index in [1.807, 2.05) is 0 Å². The van der Waals surface area contributed by atoms with Crippen molar-refractivity contribution in [2.45, 2.75) is 76.7 Å². The summed E-state index contributed by atoms with van der Waals surface area (Å²) in [7, 11) is 0. The summed E-state index contributed by atoms with van der Waals surface area (Å²) in [6.07, 6.45) is 7.41. The lowest BCUT2D eigenvalue weighted by molar-refractivity contribution is -0.127. The summed E-state index contributed by atoms with van der Waals surface area (Å²) in [4.78, 5) is 15.1. The van der Waals surface area contributed by atoms with E-state index < -0.39 is 0 Å². The Hall–Kier alpha value is -0.650. The molecule has 1 amide bonds. The highest BCUT2D eigenvalue weighted by Crippen LogP contribution is 2.26. The topological polar surface area (TPSA) is 53.6 Å². The normalized spacial score (nSPS) is 39.8. The summed E-state index contributed by atoms with van der Waals surface area (Å²) in [5.74, 6) is 0.431. The monoisotopic (exact) mass is 323 g/mol. The zero-order chi connectivity index (χ0) is 16.2. The van der Waals surface area contributed by atoms with Crippen LogP contribution in [0.1, 0.15) is 52.4 Å². The van der Waals surface area contributed by atoms with Crippen molar-refractivity contribution < 1.29 is 9.53 Å². The highest BCUT2D eigenvalue weighted by atomic mass is 16.5. The molecule has 3 aliphatic rings. The van der Waals surface area contributed by atoms with Gasteiger partial charge in [0, 0.05) is 25.2 Å². The van der Waals surface area contributed by atoms with Crippen molar-refractivity contribution in [2.24, 2.45) is 5.92 Å². The fourth-order valence-electron chi connectivity index (χ4n) is 4.52. The number of rotatable bonds is 3. The van der Waals surface area contributed by atoms with E-state index in [2.05, 4.69) is 29.4 Å². The van der Waals surface area contributed by atoms with Gasteiger partial charge in [0.1, 0.15) is 0 Å². The maximum absolute atomic E-state index is 12.5. The fraction of sp³-hybridized carbons (Fsp3) is 0.944. The van der Waals surface area contributed by atoms with Crippen LogP contribution >= 0.6 is 0 Å². The molecule has 0 spiro atoms. The SMILES string of the molecule is C[C@@H]1CC(N2CCC[C@H](NC(=O)[C@H]3CCCNC3)C2)C[C@H](C)O1. The average molecular weight is 323 g/mol. The van der Waals surface area contributed by atoms with E-state index in [1.54, 1.807) is 0 Å². The number of amides is 1. The van der Waals surface area contributed by atoms with Crippen LogP contribution in [0.5, 0.6) is 0 Å². The maximum Gasteiger partial charge on any atom is 0.224 e. The lowest BCUT2D eigenvalue weighted by Crippen LogP contribution is -2.54. The Kier molecular flexibility index (Phi) is 5.94. The molecule has 23 heavy (non-hydrogen) atoms. The van der Waals surface area contributed by atoms with Crippen molar-refractivity contribution >= 4 is 5.91 Å². The van der Waals surface area contributed by atoms with Crippen LogP contribution in [0.2, 0.25) is 0 Å². The van der Waals surface area contributed by atoms with Gasteiger partial charge < -0.3 is 15.4 Å². The predicted molar refractivity (Wildman–Crippen MR) is 91.4 cm³/mol. The van der Waals surface area contributed by atoms with Gasteiger partial charge in [-0.05, 0) is 65.5 Å². The summed E-state index contributed by atoms with van der Waals surface area (Å²) >= 11 is 0. The maximum atomic E-state index is 12.5. The molecule has 3 saturated heterocycles. The molecule has 5 nitrogen and oxygen atoms in total. The Morgan fingerprint density at radius 2 is 1.96 bits per heavy atom. The van der Waals surface area contributed by atoms with Crippen molar-refractivity contribution in [1.29, 1.82) is 0 Å². The molecule has 0 aromatic carbocycles. The minimum absolute atomic E-state index is 0.169. The number of likely N-dealkylation sites (tertiary alicyclic amines) is 1. The second-order valence-corrected chi connectivity index (χ2v) is 7.77. The Morgan fingerprint density at radius 3 is 2.65 bits per heavy atom. The van der Waals surface area contributed by atoms with Crippen LogP contribution in [-0.2, 0) is 9.53 Å². The van der Waals surface area contributed by atoms with Crippen molar-refractivity contribution in [1.82, 2.24) is 15.5 Å². The highest BCUT2D eigenvalue weighted by molar-refractivity contribution is 5.79. The van der Waals surface area contributed by atoms with Crippen LogP contribution in [-0.4, -0.2) is 61.3 Å². The average Bonchev–Trinajstić information content (AvgIpc) is 2.55. The largest absolute Gasteiger partial charge is 0.375 e. The summed E-state index contributed by atoms with van der Waals surface area (Å²) in [5, 5.41) is 6.67. The second kappa shape index (κ2) is 7.95. The lowest BCUT2D eigenvalue weighted by Gasteiger charge is -2.43. The minimum Gasteiger partial charge on any atom is -0.375 e. The fourth-order valence-corrected chi connectivity index (χ4v) is 4.52. The first-order chi connectivity index (χ1) is 11.1. The molecular formula is C18H33N3O2. The first-order valence-corrected chi connectivity index (χ1v) is 9.52. The molecule has 3 heterocycles. The molecule has 2 N–H and O–H groups in total. The van der Waals surface area contributed by atoms with E-state index in [4.69, 9.17) is 4.74 Å². The quantitative estimate of drug-likeness (QED) is 0.827. The third kappa shape index (κ3) is 4.68. The van der Waals surface area contributed by atoms with Gasteiger partial charge in [0.25, 0.3) is 0 Å². The standard InChI is InChI=1S/C18H33N3O2/c1-13-9-17(10-14(2)23-13)21-8-4-6-16(12-21)20-18(22)15-5-3-7-19-11-15/h13-17,19H,3-12H2,1-2H3,(H,20,22)/t13-,14+,15-,16-,17?/m0/s1. The van der Waals surface area contributed by atoms with E-state index in [1.165, 1.54) is 13.0 Å². The number of nitrogens with one attached hydrogen (secondary N) is 2. The number of piperidine rings is 2. The molecule has 3 fully saturated rings. The molecule has 3 rings (SSSR count). The smallest absolute Gasteiger partial charge is 0.224 e. The molecule has 0 aromatic rings. The Bertz CT molecular complexity index is 388. The van der Waals surface area contributed by atoms with Gasteiger partial charge in [0.05, 0.1) is 18.1 Å². The second-order valence-electron chi connectivity index (χ2n) is 7.77. The van der Waals surface area contributed by atoms with Gasteiger partial charge in [-0.3, -0.25) is 9.69 Å². The van der Waals surface area contributed by atoms with Crippen LogP contribution in [0.4, 0.5) is 0 Å². The summed E-state index contributed by atoms with van der Waals surface area (Å²) in [6, 6.07) is 0.941. The molecule has 132 valence electrons. The molecule has 0 bridgehead atoms. The van der Waals surface area contributed by atoms with Gasteiger partial charge in [0.2, 0.25) is 5.91 Å². The molecule has 0 aliphatic carbocycles. The number of nitrogens with zero attached hydrogens (tertiary/aromatic N) is 1. The number of carbonyl (C=O) groups excluding carboxylic acids is 1. The lowest BCUT2D eigenvalue weighted by atomic mass is 9.94. The number of carbonyl (C=O) groups is 1. The highest BCUT2D eigenvalue weighted by Gasteiger charge is 2.33. The molecule has 5 atom stereocenters. The van der Waals surface area contributed by atoms with E-state index in [0.717, 1.165) is 51.7 Å².